The van der Waals surface area contributed by atoms with Gasteiger partial charge >= 0.3 is 0 Å². The molecular weight excluding hydrogens is 637 g/mol. The number of carbonyl (C=O) groups excluding carboxylic acids is 2. The third kappa shape index (κ3) is 5.29. The molecule has 4 aromatic rings. The van der Waals surface area contributed by atoms with E-state index in [1.807, 2.05) is 78.9 Å². The van der Waals surface area contributed by atoms with Gasteiger partial charge < -0.3 is 29.0 Å². The number of aliphatic hydroxyl groups excluding tert-OH is 1. The van der Waals surface area contributed by atoms with Crippen molar-refractivity contribution in [3.05, 3.63) is 102 Å². The smallest absolute Gasteiger partial charge is 0.269 e. The zero-order chi connectivity index (χ0) is 34.5. The lowest BCUT2D eigenvalue weighted by atomic mass is 9.82. The Morgan fingerprint density at radius 2 is 1.63 bits per heavy atom. The first-order valence-corrected chi connectivity index (χ1v) is 19.8. The Morgan fingerprint density at radius 1 is 0.898 bits per heavy atom. The van der Waals surface area contributed by atoms with Gasteiger partial charge in [-0.3, -0.25) is 14.5 Å². The van der Waals surface area contributed by atoms with Crippen molar-refractivity contribution in [1.29, 1.82) is 0 Å². The molecule has 0 saturated carbocycles. The maximum atomic E-state index is 15.1. The van der Waals surface area contributed by atoms with Gasteiger partial charge in [-0.05, 0) is 72.1 Å². The van der Waals surface area contributed by atoms with Crippen molar-refractivity contribution in [2.75, 3.05) is 37.2 Å². The average molecular weight is 679 g/mol. The second kappa shape index (κ2) is 12.7. The van der Waals surface area contributed by atoms with Crippen LogP contribution in [0.15, 0.2) is 91.0 Å². The van der Waals surface area contributed by atoms with Gasteiger partial charge in [0.2, 0.25) is 0 Å². The number of para-hydroxylation sites is 2. The van der Waals surface area contributed by atoms with Crippen molar-refractivity contribution in [1.82, 2.24) is 0 Å². The summed E-state index contributed by atoms with van der Waals surface area (Å²) in [6.07, 6.45) is 0.0926. The lowest BCUT2D eigenvalue weighted by molar-refractivity contribution is -0.146. The predicted octanol–water partition coefficient (Wildman–Crippen LogP) is 5.91. The van der Waals surface area contributed by atoms with Crippen LogP contribution in [-0.4, -0.2) is 58.5 Å². The number of nitrogens with zero attached hydrogens (tertiary/aromatic N) is 2. The van der Waals surface area contributed by atoms with E-state index in [2.05, 4.69) is 32.2 Å². The van der Waals surface area contributed by atoms with Crippen LogP contribution in [0, 0.1) is 5.92 Å². The van der Waals surface area contributed by atoms with E-state index in [9.17, 15) is 9.90 Å². The van der Waals surface area contributed by atoms with Crippen LogP contribution in [0.4, 0.5) is 17.1 Å². The fraction of sp³-hybridized carbons (Fsp3) is 0.333. The first kappa shape index (κ1) is 32.9. The highest BCUT2D eigenvalue weighted by Crippen LogP contribution is 2.60. The van der Waals surface area contributed by atoms with E-state index in [1.54, 1.807) is 24.0 Å². The minimum absolute atomic E-state index is 0.0201. The second-order valence-electron chi connectivity index (χ2n) is 13.6. The summed E-state index contributed by atoms with van der Waals surface area (Å²) in [4.78, 5) is 31.7. The second-order valence-corrected chi connectivity index (χ2v) is 18.3. The maximum absolute atomic E-state index is 15.1. The molecule has 0 bridgehead atoms. The number of hydrogen-bond donors (Lipinski definition) is 1. The topological polar surface area (TPSA) is 97.8 Å². The minimum Gasteiger partial charge on any atom is -0.497 e. The molecule has 4 aromatic carbocycles. The van der Waals surface area contributed by atoms with E-state index in [0.717, 1.165) is 22.6 Å². The highest BCUT2D eigenvalue weighted by molar-refractivity contribution is 6.91. The van der Waals surface area contributed by atoms with E-state index in [4.69, 9.17) is 18.9 Å². The highest BCUT2D eigenvalue weighted by Gasteiger charge is 2.66. The van der Waals surface area contributed by atoms with Gasteiger partial charge in [-0.1, -0.05) is 61.6 Å². The minimum atomic E-state index is -2.31. The number of rotatable bonds is 9. The lowest BCUT2D eigenvalue weighted by Crippen LogP contribution is -2.51. The molecule has 3 heterocycles. The molecule has 3 aliphatic heterocycles. The van der Waals surface area contributed by atoms with Crippen molar-refractivity contribution in [3.63, 3.8) is 0 Å². The van der Waals surface area contributed by atoms with Gasteiger partial charge in [0.05, 0.1) is 46.3 Å². The van der Waals surface area contributed by atoms with Gasteiger partial charge in [0, 0.05) is 23.8 Å². The van der Waals surface area contributed by atoms with Crippen LogP contribution in [0.25, 0.3) is 0 Å². The molecule has 49 heavy (non-hydrogen) atoms. The van der Waals surface area contributed by atoms with Gasteiger partial charge in [0.1, 0.15) is 17.2 Å². The van der Waals surface area contributed by atoms with E-state index in [0.29, 0.717) is 29.3 Å². The van der Waals surface area contributed by atoms with Gasteiger partial charge in [-0.25, -0.2) is 0 Å². The Bertz CT molecular complexity index is 1900. The Labute approximate surface area is 288 Å². The number of ether oxygens (including phenoxy) is 4. The number of methoxy groups -OCH3 is 2. The molecule has 7 rings (SSSR count). The third-order valence-corrected chi connectivity index (χ3v) is 15.0. The van der Waals surface area contributed by atoms with Crippen molar-refractivity contribution < 1.29 is 33.6 Å². The monoisotopic (exact) mass is 678 g/mol. The number of benzene rings is 4. The Hall–Kier alpha value is -4.64. The molecule has 0 radical (unpaired) electrons. The summed E-state index contributed by atoms with van der Waals surface area (Å²) in [5.41, 5.74) is 2.56. The van der Waals surface area contributed by atoms with E-state index < -0.39 is 13.7 Å². The molecule has 1 fully saturated rings. The fourth-order valence-corrected chi connectivity index (χ4v) is 12.4. The van der Waals surface area contributed by atoms with Crippen molar-refractivity contribution in [2.24, 2.45) is 5.92 Å². The Morgan fingerprint density at radius 3 is 2.37 bits per heavy atom. The van der Waals surface area contributed by atoms with E-state index in [1.165, 1.54) is 5.19 Å². The summed E-state index contributed by atoms with van der Waals surface area (Å²) in [5.74, 6) is 1.58. The molecule has 0 unspecified atom stereocenters. The maximum Gasteiger partial charge on any atom is 0.269 e. The summed E-state index contributed by atoms with van der Waals surface area (Å²) < 4.78 is 23.8. The molecule has 4 atom stereocenters. The van der Waals surface area contributed by atoms with Crippen molar-refractivity contribution in [2.45, 2.75) is 50.2 Å². The number of aliphatic hydroxyl groups is 1. The molecule has 1 N–H and O–H groups in total. The highest BCUT2D eigenvalue weighted by atomic mass is 28.3. The van der Waals surface area contributed by atoms with Gasteiger partial charge in [0.25, 0.3) is 11.8 Å². The normalized spacial score (nSPS) is 23.0. The van der Waals surface area contributed by atoms with Crippen LogP contribution in [0.1, 0.15) is 24.5 Å². The number of fused-ring (bicyclic) bond motifs is 3. The standard InChI is InChI=1S/C39H42N2O7Si/c1-25-37(49(4,5)30-16-13-28(45-2)14-17-30)35(19-20-42)48-39(25)31-22-29(46-3)15-18-32(31)40(38(39)44)23-26-9-8-10-27(21-26)41-33-11-6-7-12-34(33)47-24-36(41)43/h6-18,21-22,25,35,37,42H,19-20,23-24H2,1-5H3/t25-,35+,37-,39+/m0/s1. The number of amides is 2. The molecule has 0 aromatic heterocycles. The summed E-state index contributed by atoms with van der Waals surface area (Å²) >= 11 is 0. The molecule has 254 valence electrons. The first-order chi connectivity index (χ1) is 23.6. The van der Waals surface area contributed by atoms with Crippen molar-refractivity contribution >= 4 is 42.1 Å². The van der Waals surface area contributed by atoms with Crippen LogP contribution < -0.4 is 29.2 Å². The van der Waals surface area contributed by atoms with E-state index in [-0.39, 0.29) is 49.1 Å². The molecule has 1 spiro atoms. The summed E-state index contributed by atoms with van der Waals surface area (Å²) in [5, 5.41) is 11.5. The molecular formula is C39H42N2O7Si. The van der Waals surface area contributed by atoms with Crippen LogP contribution in [0.2, 0.25) is 18.6 Å². The zero-order valence-electron chi connectivity index (χ0n) is 28.5. The quantitative estimate of drug-likeness (QED) is 0.220. The van der Waals surface area contributed by atoms with Crippen LogP contribution >= 0.6 is 0 Å². The molecule has 1 saturated heterocycles. The Balaban J connectivity index is 1.28. The third-order valence-electron chi connectivity index (χ3n) is 10.7. The van der Waals surface area contributed by atoms with Gasteiger partial charge in [-0.15, -0.1) is 0 Å². The SMILES string of the molecule is COc1ccc([Si](C)(C)[C@@H]2[C@@H](CCO)O[C@]3(C(=O)N(Cc4cccc(N5C(=O)COc6ccccc65)c4)c4ccc(OC)cc43)[C@H]2C)cc1. The summed E-state index contributed by atoms with van der Waals surface area (Å²) in [7, 11) is 0.968. The van der Waals surface area contributed by atoms with Crippen LogP contribution in [0.5, 0.6) is 17.2 Å². The largest absolute Gasteiger partial charge is 0.497 e. The number of carbonyl (C=O) groups is 2. The Kier molecular flexibility index (Phi) is 8.50. The van der Waals surface area contributed by atoms with Crippen LogP contribution in [-0.2, 0) is 26.5 Å². The predicted molar refractivity (Wildman–Crippen MR) is 191 cm³/mol. The summed E-state index contributed by atoms with van der Waals surface area (Å²) in [6.45, 7) is 6.96. The number of anilines is 3. The van der Waals surface area contributed by atoms with Crippen LogP contribution in [0.3, 0.4) is 0 Å². The molecule has 3 aliphatic rings. The van der Waals surface area contributed by atoms with Gasteiger partial charge in [0.15, 0.2) is 12.2 Å². The lowest BCUT2D eigenvalue weighted by Gasteiger charge is -2.37. The van der Waals surface area contributed by atoms with Gasteiger partial charge in [-0.2, -0.15) is 0 Å². The average Bonchev–Trinajstić information content (AvgIpc) is 3.54. The van der Waals surface area contributed by atoms with Crippen molar-refractivity contribution in [3.8, 4) is 17.2 Å². The van der Waals surface area contributed by atoms with E-state index >= 15 is 4.79 Å². The first-order valence-electron chi connectivity index (χ1n) is 16.7. The fourth-order valence-electron chi connectivity index (χ4n) is 8.34. The molecule has 10 heteroatoms. The number of hydrogen-bond acceptors (Lipinski definition) is 7. The molecule has 0 aliphatic carbocycles. The molecule has 9 nitrogen and oxygen atoms in total. The summed E-state index contributed by atoms with van der Waals surface area (Å²) in [6, 6.07) is 29.2. The molecule has 2 amide bonds. The zero-order valence-corrected chi connectivity index (χ0v) is 29.5.